The Bertz CT molecular complexity index is 403. The number of halogens is 2. The lowest BCUT2D eigenvalue weighted by Crippen LogP contribution is -2.28. The van der Waals surface area contributed by atoms with E-state index in [1.54, 1.807) is 12.1 Å². The minimum atomic E-state index is -2.86. The van der Waals surface area contributed by atoms with Crippen LogP contribution >= 0.6 is 0 Å². The average molecular weight is 288 g/mol. The number of nitrogens with zero attached hydrogens (tertiary/aromatic N) is 1. The number of likely N-dealkylation sites (N-methyl/N-ethyl adjacent to an activating group) is 1. The molecule has 0 aromatic heterocycles. The molecule has 6 heteroatoms. The Morgan fingerprint density at radius 2 is 2.05 bits per heavy atom. The zero-order chi connectivity index (χ0) is 15.0. The average Bonchev–Trinajstić information content (AvgIpc) is 2.43. The molecule has 0 aliphatic carbocycles. The molecular weight excluding hydrogens is 266 g/mol. The smallest absolute Gasteiger partial charge is 0.387 e. The molecule has 20 heavy (non-hydrogen) atoms. The monoisotopic (exact) mass is 288 g/mol. The molecule has 1 rings (SSSR count). The number of hydrogen-bond acceptors (Lipinski definition) is 4. The molecule has 4 nitrogen and oxygen atoms in total. The summed E-state index contributed by atoms with van der Waals surface area (Å²) in [6, 6.07) is 5.03. The van der Waals surface area contributed by atoms with Gasteiger partial charge in [-0.25, -0.2) is 0 Å². The van der Waals surface area contributed by atoms with Gasteiger partial charge in [0.05, 0.1) is 7.11 Å². The third-order valence-electron chi connectivity index (χ3n) is 2.98. The van der Waals surface area contributed by atoms with Crippen molar-refractivity contribution in [2.45, 2.75) is 20.1 Å². The molecule has 0 radical (unpaired) electrons. The molecule has 0 fully saturated rings. The van der Waals surface area contributed by atoms with Crippen molar-refractivity contribution >= 4 is 0 Å². The van der Waals surface area contributed by atoms with Gasteiger partial charge in [0, 0.05) is 19.6 Å². The molecule has 0 heterocycles. The van der Waals surface area contributed by atoms with E-state index in [1.807, 2.05) is 13.1 Å². The van der Waals surface area contributed by atoms with Crippen molar-refractivity contribution in [2.75, 3.05) is 33.8 Å². The van der Waals surface area contributed by atoms with Crippen LogP contribution in [0.4, 0.5) is 8.78 Å². The van der Waals surface area contributed by atoms with E-state index in [0.29, 0.717) is 12.3 Å². The van der Waals surface area contributed by atoms with Gasteiger partial charge in [-0.3, -0.25) is 0 Å². The fraction of sp³-hybridized carbons (Fsp3) is 0.571. The summed E-state index contributed by atoms with van der Waals surface area (Å²) in [5.74, 6) is 0.368. The van der Waals surface area contributed by atoms with Crippen molar-refractivity contribution in [3.63, 3.8) is 0 Å². The van der Waals surface area contributed by atoms with Gasteiger partial charge < -0.3 is 19.7 Å². The highest BCUT2D eigenvalue weighted by Gasteiger charge is 2.11. The first-order chi connectivity index (χ1) is 9.56. The first-order valence-electron chi connectivity index (χ1n) is 6.57. The molecule has 114 valence electrons. The lowest BCUT2D eigenvalue weighted by atomic mass is 10.2. The van der Waals surface area contributed by atoms with E-state index < -0.39 is 6.61 Å². The predicted molar refractivity (Wildman–Crippen MR) is 74.5 cm³/mol. The summed E-state index contributed by atoms with van der Waals surface area (Å²) < 4.78 is 34.0. The van der Waals surface area contributed by atoms with E-state index in [-0.39, 0.29) is 5.75 Å². The van der Waals surface area contributed by atoms with Crippen LogP contribution in [0, 0.1) is 0 Å². The maximum atomic E-state index is 12.3. The summed E-state index contributed by atoms with van der Waals surface area (Å²) in [6.45, 7) is 2.61. The molecule has 0 atom stereocenters. The molecule has 0 bridgehead atoms. The number of methoxy groups -OCH3 is 1. The van der Waals surface area contributed by atoms with E-state index in [9.17, 15) is 8.78 Å². The minimum Gasteiger partial charge on any atom is -0.493 e. The Balaban J connectivity index is 2.53. The number of rotatable bonds is 9. The second-order valence-electron chi connectivity index (χ2n) is 4.44. The Kier molecular flexibility index (Phi) is 7.25. The van der Waals surface area contributed by atoms with Crippen molar-refractivity contribution in [1.29, 1.82) is 0 Å². The van der Waals surface area contributed by atoms with E-state index in [0.717, 1.165) is 25.2 Å². The summed E-state index contributed by atoms with van der Waals surface area (Å²) in [5, 5.41) is 3.26. The highest BCUT2D eigenvalue weighted by Crippen LogP contribution is 2.29. The maximum Gasteiger partial charge on any atom is 0.387 e. The van der Waals surface area contributed by atoms with Gasteiger partial charge in [0.25, 0.3) is 0 Å². The number of ether oxygens (including phenoxy) is 2. The van der Waals surface area contributed by atoms with Crippen LogP contribution in [0.15, 0.2) is 18.2 Å². The quantitative estimate of drug-likeness (QED) is 0.707. The second kappa shape index (κ2) is 8.71. The summed E-state index contributed by atoms with van der Waals surface area (Å²) in [6.07, 6.45) is 0. The molecule has 0 aliphatic rings. The Labute approximate surface area is 118 Å². The van der Waals surface area contributed by atoms with Crippen LogP contribution < -0.4 is 14.8 Å². The lowest BCUT2D eigenvalue weighted by Gasteiger charge is -2.15. The summed E-state index contributed by atoms with van der Waals surface area (Å²) in [7, 11) is 3.47. The summed E-state index contributed by atoms with van der Waals surface area (Å²) >= 11 is 0. The van der Waals surface area contributed by atoms with Crippen LogP contribution in [0.1, 0.15) is 12.5 Å². The van der Waals surface area contributed by atoms with Gasteiger partial charge in [-0.2, -0.15) is 8.78 Å². The van der Waals surface area contributed by atoms with Crippen LogP contribution in [-0.4, -0.2) is 45.3 Å². The fourth-order valence-corrected chi connectivity index (χ4v) is 1.68. The van der Waals surface area contributed by atoms with Gasteiger partial charge in [0.2, 0.25) is 0 Å². The topological polar surface area (TPSA) is 33.7 Å². The molecule has 0 spiro atoms. The fourth-order valence-electron chi connectivity index (χ4n) is 1.68. The zero-order valence-electron chi connectivity index (χ0n) is 12.2. The Hall–Kier alpha value is -1.40. The van der Waals surface area contributed by atoms with Gasteiger partial charge in [0.15, 0.2) is 11.5 Å². The molecule has 0 aliphatic heterocycles. The zero-order valence-corrected chi connectivity index (χ0v) is 12.2. The van der Waals surface area contributed by atoms with E-state index in [1.165, 1.54) is 7.11 Å². The van der Waals surface area contributed by atoms with Crippen LogP contribution in [-0.2, 0) is 6.54 Å². The largest absolute Gasteiger partial charge is 0.493 e. The molecule has 0 saturated carbocycles. The second-order valence-corrected chi connectivity index (χ2v) is 4.44. The summed E-state index contributed by atoms with van der Waals surface area (Å²) in [4.78, 5) is 2.19. The van der Waals surface area contributed by atoms with Crippen molar-refractivity contribution in [2.24, 2.45) is 0 Å². The SMILES string of the molecule is CCN(C)CCNCc1ccc(OC)c(OC(F)F)c1. The Morgan fingerprint density at radius 1 is 1.30 bits per heavy atom. The van der Waals surface area contributed by atoms with E-state index in [2.05, 4.69) is 21.9 Å². The predicted octanol–water partition coefficient (Wildman–Crippen LogP) is 2.34. The first-order valence-corrected chi connectivity index (χ1v) is 6.57. The lowest BCUT2D eigenvalue weighted by molar-refractivity contribution is -0.0512. The van der Waals surface area contributed by atoms with Crippen molar-refractivity contribution in [3.05, 3.63) is 23.8 Å². The number of hydrogen-bond donors (Lipinski definition) is 1. The molecule has 1 aromatic carbocycles. The molecule has 0 amide bonds. The normalized spacial score (nSPS) is 11.2. The van der Waals surface area contributed by atoms with Crippen LogP contribution in [0.25, 0.3) is 0 Å². The van der Waals surface area contributed by atoms with Gasteiger partial charge in [-0.05, 0) is 31.3 Å². The van der Waals surface area contributed by atoms with Crippen LogP contribution in [0.2, 0.25) is 0 Å². The molecule has 1 aromatic rings. The molecule has 0 saturated heterocycles. The van der Waals surface area contributed by atoms with Crippen molar-refractivity contribution in [1.82, 2.24) is 10.2 Å². The van der Waals surface area contributed by atoms with E-state index in [4.69, 9.17) is 4.74 Å². The number of benzene rings is 1. The van der Waals surface area contributed by atoms with Crippen LogP contribution in [0.5, 0.6) is 11.5 Å². The molecule has 1 N–H and O–H groups in total. The highest BCUT2D eigenvalue weighted by atomic mass is 19.3. The number of nitrogens with one attached hydrogen (secondary N) is 1. The third kappa shape index (κ3) is 5.71. The first kappa shape index (κ1) is 16.7. The minimum absolute atomic E-state index is 0.0625. The van der Waals surface area contributed by atoms with Gasteiger partial charge in [-0.15, -0.1) is 0 Å². The van der Waals surface area contributed by atoms with Gasteiger partial charge in [-0.1, -0.05) is 13.0 Å². The summed E-state index contributed by atoms with van der Waals surface area (Å²) in [5.41, 5.74) is 0.876. The maximum absolute atomic E-state index is 12.3. The van der Waals surface area contributed by atoms with Gasteiger partial charge >= 0.3 is 6.61 Å². The molecule has 0 unspecified atom stereocenters. The molecular formula is C14H22F2N2O2. The van der Waals surface area contributed by atoms with Crippen LogP contribution in [0.3, 0.4) is 0 Å². The third-order valence-corrected chi connectivity index (χ3v) is 2.98. The van der Waals surface area contributed by atoms with Crippen molar-refractivity contribution in [3.8, 4) is 11.5 Å². The number of alkyl halides is 2. The van der Waals surface area contributed by atoms with E-state index >= 15 is 0 Å². The standard InChI is InChI=1S/C14H22F2N2O2/c1-4-18(2)8-7-17-10-11-5-6-12(19-3)13(9-11)20-14(15)16/h5-6,9,14,17H,4,7-8,10H2,1-3H3. The Morgan fingerprint density at radius 3 is 2.65 bits per heavy atom. The van der Waals surface area contributed by atoms with Gasteiger partial charge in [0.1, 0.15) is 0 Å². The highest BCUT2D eigenvalue weighted by molar-refractivity contribution is 5.42. The van der Waals surface area contributed by atoms with Crippen molar-refractivity contribution < 1.29 is 18.3 Å².